The molecule has 0 saturated carbocycles. The number of nitrogens with one attached hydrogen (secondary N) is 1. The smallest absolute Gasteiger partial charge is 0.146 e. The molecule has 120 valence electrons. The number of hydrogen-bond acceptors (Lipinski definition) is 4. The molecule has 1 heterocycles. The standard InChI is InChI=1S/C19H16FN3O/c20-17-9-7-15(8-10-17)14-24-18-5-3-4-16(12-18)13-22-23-19-6-1-2-11-21-19/h1-13H,14H2,(H,21,23). The molecule has 1 N–H and O–H groups in total. The lowest BCUT2D eigenvalue weighted by Crippen LogP contribution is -1.96. The lowest BCUT2D eigenvalue weighted by Gasteiger charge is -2.07. The Hall–Kier alpha value is -3.21. The van der Waals surface area contributed by atoms with E-state index < -0.39 is 0 Å². The third kappa shape index (κ3) is 4.64. The highest BCUT2D eigenvalue weighted by molar-refractivity contribution is 5.80. The second-order valence-corrected chi connectivity index (χ2v) is 5.07. The first-order valence-corrected chi connectivity index (χ1v) is 7.47. The van der Waals surface area contributed by atoms with E-state index in [4.69, 9.17) is 4.74 Å². The summed E-state index contributed by atoms with van der Waals surface area (Å²) in [5, 5.41) is 4.15. The van der Waals surface area contributed by atoms with Crippen LogP contribution in [0.15, 0.2) is 78.0 Å². The molecule has 3 rings (SSSR count). The fourth-order valence-corrected chi connectivity index (χ4v) is 2.03. The minimum absolute atomic E-state index is 0.252. The summed E-state index contributed by atoms with van der Waals surface area (Å²) in [5.74, 6) is 1.15. The van der Waals surface area contributed by atoms with E-state index in [0.717, 1.165) is 16.9 Å². The van der Waals surface area contributed by atoms with Crippen LogP contribution in [0, 0.1) is 5.82 Å². The molecule has 0 bridgehead atoms. The van der Waals surface area contributed by atoms with E-state index in [1.165, 1.54) is 12.1 Å². The van der Waals surface area contributed by atoms with Gasteiger partial charge in [0.25, 0.3) is 0 Å². The molecule has 0 atom stereocenters. The Kier molecular flexibility index (Phi) is 5.14. The highest BCUT2D eigenvalue weighted by Crippen LogP contribution is 2.14. The molecule has 2 aromatic carbocycles. The topological polar surface area (TPSA) is 46.5 Å². The quantitative estimate of drug-likeness (QED) is 0.545. The number of halogens is 1. The zero-order valence-corrected chi connectivity index (χ0v) is 12.9. The lowest BCUT2D eigenvalue weighted by molar-refractivity contribution is 0.306. The molecule has 4 nitrogen and oxygen atoms in total. The molecule has 0 aliphatic carbocycles. The maximum absolute atomic E-state index is 12.9. The third-order valence-corrected chi connectivity index (χ3v) is 3.23. The van der Waals surface area contributed by atoms with Gasteiger partial charge in [0, 0.05) is 6.20 Å². The summed E-state index contributed by atoms with van der Waals surface area (Å²) < 4.78 is 18.6. The number of aromatic nitrogens is 1. The summed E-state index contributed by atoms with van der Waals surface area (Å²) >= 11 is 0. The van der Waals surface area contributed by atoms with Gasteiger partial charge in [-0.25, -0.2) is 9.37 Å². The fraction of sp³-hybridized carbons (Fsp3) is 0.0526. The Balaban J connectivity index is 1.58. The highest BCUT2D eigenvalue weighted by atomic mass is 19.1. The van der Waals surface area contributed by atoms with Crippen molar-refractivity contribution in [1.29, 1.82) is 0 Å². The van der Waals surface area contributed by atoms with Crippen LogP contribution in [0.3, 0.4) is 0 Å². The number of benzene rings is 2. The number of hydrazone groups is 1. The molecule has 0 saturated heterocycles. The van der Waals surface area contributed by atoms with Gasteiger partial charge in [0.2, 0.25) is 0 Å². The molecule has 0 spiro atoms. The predicted molar refractivity (Wildman–Crippen MR) is 92.6 cm³/mol. The van der Waals surface area contributed by atoms with Crippen molar-refractivity contribution in [3.05, 3.63) is 89.9 Å². The maximum atomic E-state index is 12.9. The van der Waals surface area contributed by atoms with Crippen LogP contribution in [0.1, 0.15) is 11.1 Å². The van der Waals surface area contributed by atoms with Crippen LogP contribution in [0.25, 0.3) is 0 Å². The van der Waals surface area contributed by atoms with Crippen LogP contribution in [-0.4, -0.2) is 11.2 Å². The van der Waals surface area contributed by atoms with Crippen molar-refractivity contribution in [1.82, 2.24) is 4.98 Å². The average molecular weight is 321 g/mol. The Morgan fingerprint density at radius 1 is 1.04 bits per heavy atom. The van der Waals surface area contributed by atoms with E-state index in [1.807, 2.05) is 42.5 Å². The van der Waals surface area contributed by atoms with E-state index in [0.29, 0.717) is 12.4 Å². The number of anilines is 1. The van der Waals surface area contributed by atoms with Gasteiger partial charge < -0.3 is 4.74 Å². The summed E-state index contributed by atoms with van der Waals surface area (Å²) in [6, 6.07) is 19.4. The van der Waals surface area contributed by atoms with Gasteiger partial charge in [0.05, 0.1) is 6.21 Å². The molecule has 0 radical (unpaired) electrons. The van der Waals surface area contributed by atoms with Crippen LogP contribution in [0.2, 0.25) is 0 Å². The summed E-state index contributed by atoms with van der Waals surface area (Å²) in [4.78, 5) is 4.12. The van der Waals surface area contributed by atoms with Gasteiger partial charge in [0.1, 0.15) is 24.0 Å². The zero-order chi connectivity index (χ0) is 16.6. The monoisotopic (exact) mass is 321 g/mol. The Labute approximate surface area is 139 Å². The van der Waals surface area contributed by atoms with Crippen LogP contribution >= 0.6 is 0 Å². The first kappa shape index (κ1) is 15.7. The van der Waals surface area contributed by atoms with Crippen molar-refractivity contribution >= 4 is 12.0 Å². The number of hydrogen-bond donors (Lipinski definition) is 1. The van der Waals surface area contributed by atoms with E-state index in [-0.39, 0.29) is 5.82 Å². The van der Waals surface area contributed by atoms with Crippen molar-refractivity contribution in [2.24, 2.45) is 5.10 Å². The average Bonchev–Trinajstić information content (AvgIpc) is 2.63. The summed E-state index contributed by atoms with van der Waals surface area (Å²) in [6.45, 7) is 0.382. The third-order valence-electron chi connectivity index (χ3n) is 3.23. The second kappa shape index (κ2) is 7.87. The van der Waals surface area contributed by atoms with Crippen molar-refractivity contribution < 1.29 is 9.13 Å². The van der Waals surface area contributed by atoms with Crippen LogP contribution in [0.4, 0.5) is 10.2 Å². The summed E-state index contributed by atoms with van der Waals surface area (Å²) in [6.07, 6.45) is 3.39. The maximum Gasteiger partial charge on any atom is 0.146 e. The largest absolute Gasteiger partial charge is 0.489 e. The van der Waals surface area contributed by atoms with Gasteiger partial charge in [-0.15, -0.1) is 0 Å². The van der Waals surface area contributed by atoms with Gasteiger partial charge in [-0.1, -0.05) is 30.3 Å². The predicted octanol–water partition coefficient (Wildman–Crippen LogP) is 4.25. The molecule has 0 aliphatic heterocycles. The molecule has 5 heteroatoms. The number of pyridine rings is 1. The first-order valence-electron chi connectivity index (χ1n) is 7.47. The van der Waals surface area contributed by atoms with E-state index in [9.17, 15) is 4.39 Å². The van der Waals surface area contributed by atoms with Crippen LogP contribution < -0.4 is 10.2 Å². The molecular formula is C19H16FN3O. The molecule has 0 aliphatic rings. The van der Waals surface area contributed by atoms with Gasteiger partial charge in [-0.2, -0.15) is 5.10 Å². The minimum Gasteiger partial charge on any atom is -0.489 e. The molecule has 0 fully saturated rings. The van der Waals surface area contributed by atoms with Crippen molar-refractivity contribution in [3.8, 4) is 5.75 Å². The van der Waals surface area contributed by atoms with Crippen molar-refractivity contribution in [3.63, 3.8) is 0 Å². The van der Waals surface area contributed by atoms with Crippen LogP contribution in [0.5, 0.6) is 5.75 Å². The van der Waals surface area contributed by atoms with Gasteiger partial charge >= 0.3 is 0 Å². The van der Waals surface area contributed by atoms with Crippen LogP contribution in [-0.2, 0) is 6.61 Å². The SMILES string of the molecule is Fc1ccc(COc2cccc(C=NNc3ccccn3)c2)cc1. The van der Waals surface area contributed by atoms with Gasteiger partial charge in [-0.3, -0.25) is 5.43 Å². The Morgan fingerprint density at radius 2 is 1.92 bits per heavy atom. The van der Waals surface area contributed by atoms with E-state index in [2.05, 4.69) is 15.5 Å². The van der Waals surface area contributed by atoms with Gasteiger partial charge in [-0.05, 0) is 47.5 Å². The number of ether oxygens (including phenoxy) is 1. The van der Waals surface area contributed by atoms with Crippen molar-refractivity contribution in [2.45, 2.75) is 6.61 Å². The van der Waals surface area contributed by atoms with Crippen molar-refractivity contribution in [2.75, 3.05) is 5.43 Å². The summed E-state index contributed by atoms with van der Waals surface area (Å²) in [7, 11) is 0. The second-order valence-electron chi connectivity index (χ2n) is 5.07. The van der Waals surface area contributed by atoms with E-state index >= 15 is 0 Å². The molecule has 1 aromatic heterocycles. The molecule has 3 aromatic rings. The van der Waals surface area contributed by atoms with E-state index in [1.54, 1.807) is 24.5 Å². The normalized spacial score (nSPS) is 10.7. The number of rotatable bonds is 6. The minimum atomic E-state index is -0.252. The summed E-state index contributed by atoms with van der Waals surface area (Å²) in [5.41, 5.74) is 4.67. The molecule has 24 heavy (non-hydrogen) atoms. The Bertz CT molecular complexity index is 804. The highest BCUT2D eigenvalue weighted by Gasteiger charge is 1.98. The Morgan fingerprint density at radius 3 is 2.71 bits per heavy atom. The first-order chi connectivity index (χ1) is 11.8. The molecular weight excluding hydrogens is 305 g/mol. The fourth-order valence-electron chi connectivity index (χ4n) is 2.03. The molecule has 0 unspecified atom stereocenters. The lowest BCUT2D eigenvalue weighted by atomic mass is 10.2. The molecule has 0 amide bonds. The zero-order valence-electron chi connectivity index (χ0n) is 12.9. The van der Waals surface area contributed by atoms with Gasteiger partial charge in [0.15, 0.2) is 0 Å². The number of nitrogens with zero attached hydrogens (tertiary/aromatic N) is 2.